The Balaban J connectivity index is 0.00000272. The van der Waals surface area contributed by atoms with Crippen molar-refractivity contribution in [3.05, 3.63) is 82.2 Å². The van der Waals surface area contributed by atoms with Crippen LogP contribution in [0.5, 0.6) is 0 Å². The number of hydrogen-bond donors (Lipinski definition) is 2. The number of amides is 1. The van der Waals surface area contributed by atoms with Gasteiger partial charge in [0.1, 0.15) is 0 Å². The summed E-state index contributed by atoms with van der Waals surface area (Å²) in [5.41, 5.74) is 20.3. The van der Waals surface area contributed by atoms with E-state index in [1.807, 2.05) is 12.1 Å². The smallest absolute Gasteiger partial charge is 0.248 e. The molecule has 0 spiro atoms. The fraction of sp³-hybridized carbons (Fsp3) is 0.308. The fourth-order valence-corrected chi connectivity index (χ4v) is 4.73. The molecule has 0 saturated heterocycles. The lowest BCUT2D eigenvalue weighted by Gasteiger charge is -2.21. The number of halogens is 2. The molecule has 0 fully saturated rings. The van der Waals surface area contributed by atoms with Gasteiger partial charge in [0.2, 0.25) is 5.91 Å². The molecule has 4 nitrogen and oxygen atoms in total. The quantitative estimate of drug-likeness (QED) is 0.354. The first-order valence-electron chi connectivity index (χ1n) is 10.6. The zero-order valence-electron chi connectivity index (χ0n) is 19.6. The van der Waals surface area contributed by atoms with Crippen molar-refractivity contribution in [3.8, 4) is 11.1 Å². The summed E-state index contributed by atoms with van der Waals surface area (Å²) in [7, 11) is 0. The number of aryl methyl sites for hydroxylation is 2. The molecule has 1 aromatic heterocycles. The first kappa shape index (κ1) is 29.0. The van der Waals surface area contributed by atoms with Crippen LogP contribution in [0.2, 0.25) is 0 Å². The summed E-state index contributed by atoms with van der Waals surface area (Å²) >= 11 is 1.73. The van der Waals surface area contributed by atoms with Crippen LogP contribution in [0, 0.1) is 19.8 Å². The van der Waals surface area contributed by atoms with Crippen molar-refractivity contribution in [3.63, 3.8) is 0 Å². The summed E-state index contributed by atoms with van der Waals surface area (Å²) < 4.78 is 0. The van der Waals surface area contributed by atoms with Gasteiger partial charge in [-0.3, -0.25) is 9.78 Å². The number of nitrogens with zero attached hydrogens (tertiary/aromatic N) is 1. The maximum atomic E-state index is 11.3. The van der Waals surface area contributed by atoms with Gasteiger partial charge in [0, 0.05) is 34.1 Å². The molecule has 4 N–H and O–H groups in total. The van der Waals surface area contributed by atoms with Crippen molar-refractivity contribution in [2.75, 3.05) is 0 Å². The Bertz CT molecular complexity index is 1070. The molecule has 0 aliphatic heterocycles. The van der Waals surface area contributed by atoms with Crippen LogP contribution in [0.25, 0.3) is 11.1 Å². The number of aromatic nitrogens is 1. The highest BCUT2D eigenvalue weighted by molar-refractivity contribution is 7.98. The van der Waals surface area contributed by atoms with Crippen molar-refractivity contribution in [2.45, 2.75) is 51.3 Å². The molecular weight excluding hydrogens is 473 g/mol. The lowest BCUT2D eigenvalue weighted by atomic mass is 9.90. The monoisotopic (exact) mass is 505 g/mol. The topological polar surface area (TPSA) is 82.0 Å². The highest BCUT2D eigenvalue weighted by Gasteiger charge is 2.19. The molecule has 0 atom stereocenters. The lowest BCUT2D eigenvalue weighted by molar-refractivity contribution is 0.1000. The van der Waals surface area contributed by atoms with Crippen molar-refractivity contribution < 1.29 is 4.79 Å². The third-order valence-electron chi connectivity index (χ3n) is 5.36. The molecule has 1 amide bonds. The van der Waals surface area contributed by atoms with Gasteiger partial charge in [-0.15, -0.1) is 36.6 Å². The maximum Gasteiger partial charge on any atom is 0.248 e. The summed E-state index contributed by atoms with van der Waals surface area (Å²) in [6.45, 7) is 9.07. The van der Waals surface area contributed by atoms with Crippen molar-refractivity contribution in [1.82, 2.24) is 4.98 Å². The molecule has 0 saturated carbocycles. The van der Waals surface area contributed by atoms with Crippen LogP contribution < -0.4 is 11.5 Å². The van der Waals surface area contributed by atoms with Crippen LogP contribution >= 0.6 is 36.6 Å². The summed E-state index contributed by atoms with van der Waals surface area (Å²) in [6.07, 6.45) is 0.911. The molecule has 0 unspecified atom stereocenters. The van der Waals surface area contributed by atoms with Crippen LogP contribution in [-0.2, 0) is 18.7 Å². The van der Waals surface area contributed by atoms with E-state index >= 15 is 0 Å². The number of hydrogen-bond acceptors (Lipinski definition) is 4. The van der Waals surface area contributed by atoms with E-state index in [4.69, 9.17) is 16.5 Å². The second-order valence-corrected chi connectivity index (χ2v) is 9.37. The van der Waals surface area contributed by atoms with E-state index in [-0.39, 0.29) is 24.8 Å². The van der Waals surface area contributed by atoms with E-state index in [1.165, 1.54) is 22.3 Å². The van der Waals surface area contributed by atoms with Crippen LogP contribution in [0.4, 0.5) is 0 Å². The molecule has 0 aliphatic rings. The Labute approximate surface area is 213 Å². The molecule has 33 heavy (non-hydrogen) atoms. The van der Waals surface area contributed by atoms with E-state index in [1.54, 1.807) is 23.9 Å². The lowest BCUT2D eigenvalue weighted by Crippen LogP contribution is -2.13. The van der Waals surface area contributed by atoms with E-state index in [0.717, 1.165) is 34.0 Å². The van der Waals surface area contributed by atoms with Gasteiger partial charge in [0.15, 0.2) is 0 Å². The molecule has 2 aromatic carbocycles. The van der Waals surface area contributed by atoms with E-state index < -0.39 is 5.91 Å². The third-order valence-corrected chi connectivity index (χ3v) is 6.40. The standard InChI is InChI=1S/C26H31N3OS.2ClH/c1-16(2)13-24-22(14-27)25(19-7-5-17(3)6-8-19)23(18(4)29-24)15-31-21-11-9-20(10-12-21)26(28)30;;/h5-12,16H,13-15,27H2,1-4H3,(H2,28,30);2*1H. The normalized spacial score (nSPS) is 10.5. The van der Waals surface area contributed by atoms with Gasteiger partial charge in [-0.25, -0.2) is 0 Å². The SMILES string of the molecule is Cc1ccc(-c2c(CSc3ccc(C(N)=O)cc3)c(C)nc(CC(C)C)c2CN)cc1.Cl.Cl. The third kappa shape index (κ3) is 7.21. The molecule has 7 heteroatoms. The van der Waals surface area contributed by atoms with Crippen LogP contribution in [0.15, 0.2) is 53.4 Å². The number of thioether (sulfide) groups is 1. The predicted octanol–water partition coefficient (Wildman–Crippen LogP) is 6.26. The molecule has 178 valence electrons. The first-order chi connectivity index (χ1) is 14.8. The largest absolute Gasteiger partial charge is 0.366 e. The molecule has 0 bridgehead atoms. The van der Waals surface area contributed by atoms with E-state index in [2.05, 4.69) is 52.0 Å². The molecule has 3 aromatic rings. The zero-order valence-corrected chi connectivity index (χ0v) is 22.0. The minimum Gasteiger partial charge on any atom is -0.366 e. The average Bonchev–Trinajstić information content (AvgIpc) is 2.73. The second kappa shape index (κ2) is 13.0. The number of nitrogens with two attached hydrogens (primary N) is 2. The number of rotatable bonds is 8. The van der Waals surface area contributed by atoms with Gasteiger partial charge in [0.25, 0.3) is 0 Å². The Morgan fingerprint density at radius 3 is 2.09 bits per heavy atom. The number of carbonyl (C=O) groups excluding carboxylic acids is 1. The highest BCUT2D eigenvalue weighted by Crippen LogP contribution is 2.36. The Morgan fingerprint density at radius 1 is 0.970 bits per heavy atom. The molecule has 0 radical (unpaired) electrons. The minimum atomic E-state index is -0.411. The highest BCUT2D eigenvalue weighted by atomic mass is 35.5. The van der Waals surface area contributed by atoms with Gasteiger partial charge < -0.3 is 11.5 Å². The van der Waals surface area contributed by atoms with Crippen molar-refractivity contribution >= 4 is 42.5 Å². The Morgan fingerprint density at radius 2 is 1.58 bits per heavy atom. The maximum absolute atomic E-state index is 11.3. The number of primary amides is 1. The number of pyridine rings is 1. The molecular formula is C26H33Cl2N3OS. The number of benzene rings is 2. The summed E-state index contributed by atoms with van der Waals surface area (Å²) in [5, 5.41) is 0. The van der Waals surface area contributed by atoms with E-state index in [0.29, 0.717) is 18.0 Å². The Hall–Kier alpha value is -2.05. The minimum absolute atomic E-state index is 0. The van der Waals surface area contributed by atoms with Gasteiger partial charge >= 0.3 is 0 Å². The van der Waals surface area contributed by atoms with Gasteiger partial charge in [-0.1, -0.05) is 43.7 Å². The predicted molar refractivity (Wildman–Crippen MR) is 145 cm³/mol. The number of carbonyl (C=O) groups is 1. The molecule has 1 heterocycles. The molecule has 0 aliphatic carbocycles. The van der Waals surface area contributed by atoms with Gasteiger partial charge in [-0.2, -0.15) is 0 Å². The van der Waals surface area contributed by atoms with Crippen LogP contribution in [0.3, 0.4) is 0 Å². The second-order valence-electron chi connectivity index (χ2n) is 8.32. The Kier molecular flexibility index (Phi) is 11.4. The van der Waals surface area contributed by atoms with Crippen LogP contribution in [-0.4, -0.2) is 10.9 Å². The van der Waals surface area contributed by atoms with Crippen LogP contribution in [0.1, 0.15) is 52.3 Å². The zero-order chi connectivity index (χ0) is 22.5. The summed E-state index contributed by atoms with van der Waals surface area (Å²) in [5.74, 6) is 0.867. The average molecular weight is 507 g/mol. The van der Waals surface area contributed by atoms with Crippen molar-refractivity contribution in [1.29, 1.82) is 0 Å². The summed E-state index contributed by atoms with van der Waals surface area (Å²) in [6, 6.07) is 16.1. The summed E-state index contributed by atoms with van der Waals surface area (Å²) in [4.78, 5) is 17.4. The molecule has 3 rings (SSSR count). The van der Waals surface area contributed by atoms with Gasteiger partial charge in [-0.05, 0) is 72.7 Å². The van der Waals surface area contributed by atoms with Crippen molar-refractivity contribution in [2.24, 2.45) is 17.4 Å². The first-order valence-corrected chi connectivity index (χ1v) is 11.6. The fourth-order valence-electron chi connectivity index (χ4n) is 3.74. The van der Waals surface area contributed by atoms with Gasteiger partial charge in [0.05, 0.1) is 0 Å². The van der Waals surface area contributed by atoms with E-state index in [9.17, 15) is 4.79 Å².